The summed E-state index contributed by atoms with van der Waals surface area (Å²) in [6.07, 6.45) is 0. The van der Waals surface area contributed by atoms with Crippen LogP contribution in [-0.4, -0.2) is 48.4 Å². The average molecular weight is 344 g/mol. The fraction of sp³-hybridized carbons (Fsp3) is 0.333. The second-order valence-electron chi connectivity index (χ2n) is 5.70. The molecule has 1 atom stereocenters. The van der Waals surface area contributed by atoms with Crippen molar-refractivity contribution in [2.45, 2.75) is 13.0 Å². The van der Waals surface area contributed by atoms with Crippen molar-refractivity contribution in [3.05, 3.63) is 52.2 Å². The first-order valence-electron chi connectivity index (χ1n) is 7.84. The van der Waals surface area contributed by atoms with E-state index < -0.39 is 0 Å². The topological polar surface area (TPSA) is 49.9 Å². The van der Waals surface area contributed by atoms with Gasteiger partial charge in [0.1, 0.15) is 5.75 Å². The van der Waals surface area contributed by atoms with Gasteiger partial charge in [-0.05, 0) is 17.5 Å². The largest absolute Gasteiger partial charge is 0.496 e. The highest BCUT2D eigenvalue weighted by molar-refractivity contribution is 7.12. The molecular formula is C18H20N2O3S. The lowest BCUT2D eigenvalue weighted by Crippen LogP contribution is -2.51. The summed E-state index contributed by atoms with van der Waals surface area (Å²) >= 11 is 1.44. The zero-order valence-corrected chi connectivity index (χ0v) is 14.6. The van der Waals surface area contributed by atoms with E-state index in [9.17, 15) is 9.59 Å². The second kappa shape index (κ2) is 7.05. The molecule has 2 amide bonds. The lowest BCUT2D eigenvalue weighted by molar-refractivity contribution is -0.131. The Balaban J connectivity index is 1.97. The molecule has 1 unspecified atom stereocenters. The first-order valence-corrected chi connectivity index (χ1v) is 8.72. The van der Waals surface area contributed by atoms with Gasteiger partial charge in [0, 0.05) is 32.1 Å². The van der Waals surface area contributed by atoms with Crippen molar-refractivity contribution in [3.63, 3.8) is 0 Å². The molecule has 1 saturated heterocycles. The molecule has 0 bridgehead atoms. The van der Waals surface area contributed by atoms with E-state index in [0.29, 0.717) is 24.5 Å². The van der Waals surface area contributed by atoms with Crippen LogP contribution in [0, 0.1) is 0 Å². The standard InChI is InChI=1S/C18H20N2O3S/c1-13(21)19-9-10-20(18(22)17-8-5-11-24-17)15(12-19)14-6-3-4-7-16(14)23-2/h3-8,11,15H,9-10,12H2,1-2H3. The molecule has 1 aliphatic rings. The molecule has 3 rings (SSSR count). The Morgan fingerprint density at radius 2 is 1.96 bits per heavy atom. The Hall–Kier alpha value is -2.34. The van der Waals surface area contributed by atoms with Crippen LogP contribution in [-0.2, 0) is 4.79 Å². The maximum absolute atomic E-state index is 12.9. The monoisotopic (exact) mass is 344 g/mol. The molecule has 2 heterocycles. The minimum absolute atomic E-state index is 0.00380. The summed E-state index contributed by atoms with van der Waals surface area (Å²) in [5.41, 5.74) is 0.927. The number of amides is 2. The molecule has 1 aromatic carbocycles. The van der Waals surface area contributed by atoms with Gasteiger partial charge in [0.25, 0.3) is 5.91 Å². The van der Waals surface area contributed by atoms with Crippen LogP contribution in [0.2, 0.25) is 0 Å². The zero-order valence-electron chi connectivity index (χ0n) is 13.8. The Kier molecular flexibility index (Phi) is 4.85. The lowest BCUT2D eigenvalue weighted by atomic mass is 10.0. The van der Waals surface area contributed by atoms with Crippen LogP contribution in [0.3, 0.4) is 0 Å². The van der Waals surface area contributed by atoms with Crippen LogP contribution in [0.1, 0.15) is 28.2 Å². The van der Waals surface area contributed by atoms with E-state index in [2.05, 4.69) is 0 Å². The highest BCUT2D eigenvalue weighted by Crippen LogP contribution is 2.33. The Bertz CT molecular complexity index is 730. The third-order valence-electron chi connectivity index (χ3n) is 4.32. The van der Waals surface area contributed by atoms with Crippen molar-refractivity contribution < 1.29 is 14.3 Å². The number of benzene rings is 1. The van der Waals surface area contributed by atoms with Crippen LogP contribution in [0.4, 0.5) is 0 Å². The van der Waals surface area contributed by atoms with Crippen molar-refractivity contribution in [2.75, 3.05) is 26.7 Å². The number of nitrogens with zero attached hydrogens (tertiary/aromatic N) is 2. The van der Waals surface area contributed by atoms with Crippen molar-refractivity contribution in [3.8, 4) is 5.75 Å². The third-order valence-corrected chi connectivity index (χ3v) is 5.17. The van der Waals surface area contributed by atoms with Gasteiger partial charge in [0.05, 0.1) is 18.0 Å². The van der Waals surface area contributed by atoms with E-state index in [1.165, 1.54) is 11.3 Å². The molecule has 126 valence electrons. The van der Waals surface area contributed by atoms with Gasteiger partial charge in [0.15, 0.2) is 0 Å². The normalized spacial score (nSPS) is 17.7. The van der Waals surface area contributed by atoms with Crippen LogP contribution < -0.4 is 4.74 Å². The van der Waals surface area contributed by atoms with E-state index in [0.717, 1.165) is 11.3 Å². The predicted molar refractivity (Wildman–Crippen MR) is 93.3 cm³/mol. The number of hydrogen-bond acceptors (Lipinski definition) is 4. The number of hydrogen-bond donors (Lipinski definition) is 0. The van der Waals surface area contributed by atoms with Gasteiger partial charge in [0.2, 0.25) is 5.91 Å². The molecule has 0 spiro atoms. The molecule has 0 N–H and O–H groups in total. The number of carbonyl (C=O) groups excluding carboxylic acids is 2. The minimum Gasteiger partial charge on any atom is -0.496 e. The smallest absolute Gasteiger partial charge is 0.264 e. The third kappa shape index (κ3) is 3.14. The summed E-state index contributed by atoms with van der Waals surface area (Å²) < 4.78 is 5.47. The van der Waals surface area contributed by atoms with E-state index >= 15 is 0 Å². The average Bonchev–Trinajstić information content (AvgIpc) is 3.15. The highest BCUT2D eigenvalue weighted by atomic mass is 32.1. The van der Waals surface area contributed by atoms with Crippen LogP contribution in [0.25, 0.3) is 0 Å². The van der Waals surface area contributed by atoms with Gasteiger partial charge in [-0.15, -0.1) is 11.3 Å². The Labute approximate surface area is 145 Å². The van der Waals surface area contributed by atoms with Crippen LogP contribution in [0.5, 0.6) is 5.75 Å². The number of carbonyl (C=O) groups is 2. The molecule has 0 saturated carbocycles. The molecule has 24 heavy (non-hydrogen) atoms. The van der Waals surface area contributed by atoms with E-state index in [1.54, 1.807) is 18.9 Å². The molecular weight excluding hydrogens is 324 g/mol. The molecule has 1 fully saturated rings. The first-order chi connectivity index (χ1) is 11.6. The van der Waals surface area contributed by atoms with Crippen LogP contribution >= 0.6 is 11.3 Å². The quantitative estimate of drug-likeness (QED) is 0.860. The van der Waals surface area contributed by atoms with Crippen molar-refractivity contribution >= 4 is 23.2 Å². The fourth-order valence-electron chi connectivity index (χ4n) is 3.06. The molecule has 6 heteroatoms. The molecule has 5 nitrogen and oxygen atoms in total. The van der Waals surface area contributed by atoms with Gasteiger partial charge in [-0.3, -0.25) is 9.59 Å². The fourth-order valence-corrected chi connectivity index (χ4v) is 3.74. The summed E-state index contributed by atoms with van der Waals surface area (Å²) in [5.74, 6) is 0.763. The number of piperazine rings is 1. The lowest BCUT2D eigenvalue weighted by Gasteiger charge is -2.41. The van der Waals surface area contributed by atoms with Gasteiger partial charge in [-0.2, -0.15) is 0 Å². The molecule has 1 aliphatic heterocycles. The van der Waals surface area contributed by atoms with Crippen LogP contribution in [0.15, 0.2) is 41.8 Å². The number of rotatable bonds is 3. The molecule has 2 aromatic rings. The molecule has 1 aromatic heterocycles. The number of para-hydroxylation sites is 1. The summed E-state index contributed by atoms with van der Waals surface area (Å²) in [4.78, 5) is 29.1. The van der Waals surface area contributed by atoms with Gasteiger partial charge in [-0.1, -0.05) is 24.3 Å². The summed E-state index contributed by atoms with van der Waals surface area (Å²) in [5, 5.41) is 1.90. The predicted octanol–water partition coefficient (Wildman–Crippen LogP) is 2.80. The van der Waals surface area contributed by atoms with E-state index in [4.69, 9.17) is 4.74 Å². The molecule has 0 radical (unpaired) electrons. The molecule has 0 aliphatic carbocycles. The van der Waals surface area contributed by atoms with Gasteiger partial charge < -0.3 is 14.5 Å². The second-order valence-corrected chi connectivity index (χ2v) is 6.65. The Morgan fingerprint density at radius 1 is 1.17 bits per heavy atom. The van der Waals surface area contributed by atoms with Crippen molar-refractivity contribution in [1.82, 2.24) is 9.80 Å². The van der Waals surface area contributed by atoms with Crippen molar-refractivity contribution in [1.29, 1.82) is 0 Å². The van der Waals surface area contributed by atoms with Crippen molar-refractivity contribution in [2.24, 2.45) is 0 Å². The number of thiophene rings is 1. The summed E-state index contributed by atoms with van der Waals surface area (Å²) in [6, 6.07) is 11.2. The number of methoxy groups -OCH3 is 1. The minimum atomic E-state index is -0.214. The van der Waals surface area contributed by atoms with Gasteiger partial charge in [-0.25, -0.2) is 0 Å². The summed E-state index contributed by atoms with van der Waals surface area (Å²) in [6.45, 7) is 3.11. The maximum Gasteiger partial charge on any atom is 0.264 e. The maximum atomic E-state index is 12.9. The SMILES string of the molecule is COc1ccccc1C1CN(C(C)=O)CCN1C(=O)c1cccs1. The summed E-state index contributed by atoms with van der Waals surface area (Å²) in [7, 11) is 1.62. The zero-order chi connectivity index (χ0) is 17.1. The van der Waals surface area contributed by atoms with E-state index in [1.807, 2.05) is 46.7 Å². The highest BCUT2D eigenvalue weighted by Gasteiger charge is 2.34. The Morgan fingerprint density at radius 3 is 2.62 bits per heavy atom. The van der Waals surface area contributed by atoms with Gasteiger partial charge >= 0.3 is 0 Å². The van der Waals surface area contributed by atoms with E-state index in [-0.39, 0.29) is 17.9 Å². The number of ether oxygens (including phenoxy) is 1. The first kappa shape index (κ1) is 16.5.